The van der Waals surface area contributed by atoms with E-state index >= 15 is 0 Å². The Hall–Kier alpha value is -0.870. The zero-order chi connectivity index (χ0) is 18.9. The largest absolute Gasteiger partial charge is 0.462 e. The van der Waals surface area contributed by atoms with Crippen molar-refractivity contribution in [2.75, 3.05) is 6.61 Å². The summed E-state index contributed by atoms with van der Waals surface area (Å²) in [6, 6.07) is 0. The summed E-state index contributed by atoms with van der Waals surface area (Å²) >= 11 is 0. The summed E-state index contributed by atoms with van der Waals surface area (Å²) in [5, 5.41) is 21.5. The van der Waals surface area contributed by atoms with Gasteiger partial charge in [-0.05, 0) is 72.7 Å². The minimum absolute atomic E-state index is 0.0724. The number of fused-ring (bicyclic) bond motifs is 3. The second-order valence-electron chi connectivity index (χ2n) is 10.2. The number of hydrogen-bond donors (Lipinski definition) is 2. The fourth-order valence-electron chi connectivity index (χ4n) is 7.94. The van der Waals surface area contributed by atoms with Gasteiger partial charge in [0.2, 0.25) is 0 Å². The minimum atomic E-state index is -0.579. The summed E-state index contributed by atoms with van der Waals surface area (Å²) in [5.41, 5.74) is 0.505. The molecule has 146 valence electrons. The number of hydrogen-bond acceptors (Lipinski definition) is 4. The van der Waals surface area contributed by atoms with Gasteiger partial charge in [0.15, 0.2) is 0 Å². The monoisotopic (exact) mass is 362 g/mol. The van der Waals surface area contributed by atoms with Crippen molar-refractivity contribution in [1.29, 1.82) is 0 Å². The van der Waals surface area contributed by atoms with Crippen LogP contribution in [0.5, 0.6) is 0 Å². The lowest BCUT2D eigenvalue weighted by Gasteiger charge is -2.66. The highest BCUT2D eigenvalue weighted by Gasteiger charge is 2.70. The lowest BCUT2D eigenvalue weighted by Crippen LogP contribution is -2.65. The summed E-state index contributed by atoms with van der Waals surface area (Å²) in [4.78, 5) is 11.9. The Morgan fingerprint density at radius 1 is 1.27 bits per heavy atom. The average molecular weight is 363 g/mol. The van der Waals surface area contributed by atoms with E-state index in [1.165, 1.54) is 6.92 Å². The molecule has 8 atom stereocenters. The van der Waals surface area contributed by atoms with Crippen molar-refractivity contribution in [2.24, 2.45) is 34.0 Å². The van der Waals surface area contributed by atoms with Gasteiger partial charge in [0.05, 0.1) is 6.10 Å². The highest BCUT2D eigenvalue weighted by molar-refractivity contribution is 5.66. The average Bonchev–Trinajstić information content (AvgIpc) is 2.78. The van der Waals surface area contributed by atoms with E-state index in [4.69, 9.17) is 4.74 Å². The van der Waals surface area contributed by atoms with Crippen LogP contribution in [0, 0.1) is 34.0 Å². The molecule has 0 unspecified atom stereocenters. The van der Waals surface area contributed by atoms with Crippen molar-refractivity contribution in [2.45, 2.75) is 77.9 Å². The number of carbonyl (C=O) groups is 1. The normalized spacial score (nSPS) is 53.0. The van der Waals surface area contributed by atoms with Gasteiger partial charge in [0.1, 0.15) is 6.10 Å². The van der Waals surface area contributed by atoms with Crippen LogP contribution in [-0.4, -0.2) is 35.0 Å². The number of esters is 1. The third-order valence-electron chi connectivity index (χ3n) is 9.05. The van der Waals surface area contributed by atoms with Gasteiger partial charge in [-0.2, -0.15) is 0 Å². The van der Waals surface area contributed by atoms with E-state index in [0.29, 0.717) is 17.8 Å². The van der Waals surface area contributed by atoms with E-state index < -0.39 is 6.10 Å². The maximum absolute atomic E-state index is 11.9. The van der Waals surface area contributed by atoms with Gasteiger partial charge in [-0.1, -0.05) is 26.8 Å². The first-order chi connectivity index (χ1) is 12.2. The highest BCUT2D eigenvalue weighted by atomic mass is 16.5. The molecular weight excluding hydrogens is 328 g/mol. The molecule has 26 heavy (non-hydrogen) atoms. The van der Waals surface area contributed by atoms with Crippen molar-refractivity contribution < 1.29 is 19.7 Å². The van der Waals surface area contributed by atoms with Crippen LogP contribution in [0.4, 0.5) is 0 Å². The van der Waals surface area contributed by atoms with E-state index in [-0.39, 0.29) is 34.9 Å². The lowest BCUT2D eigenvalue weighted by atomic mass is 9.40. The maximum atomic E-state index is 11.9. The molecule has 0 aromatic rings. The molecule has 4 aliphatic carbocycles. The second-order valence-corrected chi connectivity index (χ2v) is 10.2. The zero-order valence-electron chi connectivity index (χ0n) is 16.5. The Morgan fingerprint density at radius 2 is 2.00 bits per heavy atom. The Balaban J connectivity index is 1.84. The molecule has 0 aliphatic heterocycles. The number of ether oxygens (including phenoxy) is 1. The predicted molar refractivity (Wildman–Crippen MR) is 99.2 cm³/mol. The molecule has 0 aromatic heterocycles. The van der Waals surface area contributed by atoms with Crippen LogP contribution in [-0.2, 0) is 9.53 Å². The minimum Gasteiger partial charge on any atom is -0.462 e. The molecule has 4 saturated carbocycles. The van der Waals surface area contributed by atoms with Crippen LogP contribution in [0.3, 0.4) is 0 Å². The third kappa shape index (κ3) is 2.18. The van der Waals surface area contributed by atoms with Crippen LogP contribution >= 0.6 is 0 Å². The van der Waals surface area contributed by atoms with Crippen LogP contribution in [0.25, 0.3) is 0 Å². The molecule has 2 N–H and O–H groups in total. The topological polar surface area (TPSA) is 66.8 Å². The summed E-state index contributed by atoms with van der Waals surface area (Å²) < 4.78 is 5.91. The molecule has 4 aliphatic rings. The van der Waals surface area contributed by atoms with Crippen molar-refractivity contribution in [1.82, 2.24) is 0 Å². The lowest BCUT2D eigenvalue weighted by molar-refractivity contribution is -0.235. The summed E-state index contributed by atoms with van der Waals surface area (Å²) in [6.45, 7) is 10.5. The molecule has 0 amide bonds. The Labute approximate surface area is 157 Å². The third-order valence-corrected chi connectivity index (χ3v) is 9.05. The van der Waals surface area contributed by atoms with Crippen molar-refractivity contribution >= 4 is 5.97 Å². The first-order valence-corrected chi connectivity index (χ1v) is 10.3. The van der Waals surface area contributed by atoms with Gasteiger partial charge < -0.3 is 14.9 Å². The van der Waals surface area contributed by atoms with Crippen LogP contribution in [0.15, 0.2) is 12.2 Å². The van der Waals surface area contributed by atoms with Gasteiger partial charge in [-0.3, -0.25) is 4.79 Å². The van der Waals surface area contributed by atoms with Gasteiger partial charge in [0, 0.05) is 18.9 Å². The predicted octanol–water partition coefficient (Wildman–Crippen LogP) is 3.46. The van der Waals surface area contributed by atoms with Crippen LogP contribution < -0.4 is 0 Å². The quantitative estimate of drug-likeness (QED) is 0.583. The number of aliphatic hydroxyl groups excluding tert-OH is 2. The first kappa shape index (κ1) is 18.5. The van der Waals surface area contributed by atoms with E-state index in [1.54, 1.807) is 0 Å². The SMILES string of the molecule is C=C1[C@@H]2CC[C@H]3[C@]4(C)CCC[C@](C)(CO)[C@H]4C[C@H](OC(C)=O)[C@]3(C2)[C@H]1O. The van der Waals surface area contributed by atoms with Crippen molar-refractivity contribution in [3.8, 4) is 0 Å². The highest BCUT2D eigenvalue weighted by Crippen LogP contribution is 2.72. The molecule has 0 saturated heterocycles. The van der Waals surface area contributed by atoms with Gasteiger partial charge in [-0.25, -0.2) is 0 Å². The maximum Gasteiger partial charge on any atom is 0.302 e. The smallest absolute Gasteiger partial charge is 0.302 e. The second kappa shape index (κ2) is 5.81. The fraction of sp³-hybridized carbons (Fsp3) is 0.864. The zero-order valence-corrected chi connectivity index (χ0v) is 16.5. The number of rotatable bonds is 2. The molecular formula is C22H34O4. The molecule has 2 bridgehead atoms. The first-order valence-electron chi connectivity index (χ1n) is 10.3. The number of carbonyl (C=O) groups excluding carboxylic acids is 1. The molecule has 4 heteroatoms. The van der Waals surface area contributed by atoms with Crippen LogP contribution in [0.2, 0.25) is 0 Å². The number of aliphatic hydroxyl groups is 2. The van der Waals surface area contributed by atoms with E-state index in [9.17, 15) is 15.0 Å². The molecule has 4 fully saturated rings. The van der Waals surface area contributed by atoms with Crippen molar-refractivity contribution in [3.05, 3.63) is 12.2 Å². The van der Waals surface area contributed by atoms with E-state index in [0.717, 1.165) is 50.5 Å². The van der Waals surface area contributed by atoms with Crippen molar-refractivity contribution in [3.63, 3.8) is 0 Å². The van der Waals surface area contributed by atoms with Crippen LogP contribution in [0.1, 0.15) is 65.7 Å². The Kier molecular flexibility index (Phi) is 4.13. The Bertz CT molecular complexity index is 630. The molecule has 0 heterocycles. The summed E-state index contributed by atoms with van der Waals surface area (Å²) in [6.07, 6.45) is 6.21. The summed E-state index contributed by atoms with van der Waals surface area (Å²) in [5.74, 6) is 0.716. The molecule has 4 nitrogen and oxygen atoms in total. The Morgan fingerprint density at radius 3 is 2.65 bits per heavy atom. The standard InChI is InChI=1S/C22H34O4/c1-13-15-6-7-16-21(4)9-5-8-20(3,12-23)17(21)10-18(26-14(2)24)22(16,11-15)19(13)25/h15-19,23,25H,1,5-12H2,2-4H3/t15-,16+,17-,18+,19+,20-,21+,22-/m1/s1. The fourth-order valence-corrected chi connectivity index (χ4v) is 7.94. The van der Waals surface area contributed by atoms with E-state index in [1.807, 2.05) is 0 Å². The van der Waals surface area contributed by atoms with E-state index in [2.05, 4.69) is 20.4 Å². The molecule has 0 aromatic carbocycles. The molecule has 1 spiro atoms. The summed E-state index contributed by atoms with van der Waals surface area (Å²) in [7, 11) is 0. The van der Waals surface area contributed by atoms with Gasteiger partial charge in [0.25, 0.3) is 0 Å². The van der Waals surface area contributed by atoms with Gasteiger partial charge >= 0.3 is 5.97 Å². The molecule has 0 radical (unpaired) electrons. The van der Waals surface area contributed by atoms with Gasteiger partial charge in [-0.15, -0.1) is 0 Å². The molecule has 4 rings (SSSR count).